The predicted octanol–water partition coefficient (Wildman–Crippen LogP) is 2.53. The van der Waals surface area contributed by atoms with E-state index in [1.807, 2.05) is 20.0 Å². The Morgan fingerprint density at radius 2 is 2.26 bits per heavy atom. The molecule has 0 spiro atoms. The quantitative estimate of drug-likeness (QED) is 0.856. The lowest BCUT2D eigenvalue weighted by molar-refractivity contribution is -0.105. The van der Waals surface area contributed by atoms with Crippen molar-refractivity contribution in [3.8, 4) is 5.75 Å². The van der Waals surface area contributed by atoms with Gasteiger partial charge in [0.2, 0.25) is 6.41 Å². The third-order valence-corrected chi connectivity index (χ3v) is 2.93. The molecule has 1 aromatic carbocycles. The molecule has 0 aliphatic heterocycles. The summed E-state index contributed by atoms with van der Waals surface area (Å²) >= 11 is 6.07. The van der Waals surface area contributed by atoms with E-state index in [9.17, 15) is 4.79 Å². The highest BCUT2D eigenvalue weighted by molar-refractivity contribution is 6.32. The van der Waals surface area contributed by atoms with Gasteiger partial charge in [0, 0.05) is 12.7 Å². The Balaban J connectivity index is 2.07. The molecule has 0 unspecified atom stereocenters. The molecule has 0 saturated heterocycles. The Labute approximate surface area is 116 Å². The van der Waals surface area contributed by atoms with Gasteiger partial charge in [-0.25, -0.2) is 0 Å². The van der Waals surface area contributed by atoms with Crippen LogP contribution in [0.3, 0.4) is 0 Å². The number of benzene rings is 1. The number of nitrogens with one attached hydrogen (secondary N) is 1. The van der Waals surface area contributed by atoms with Crippen LogP contribution in [0.5, 0.6) is 5.75 Å². The zero-order valence-corrected chi connectivity index (χ0v) is 11.4. The summed E-state index contributed by atoms with van der Waals surface area (Å²) in [5.41, 5.74) is 2.53. The number of aryl methyl sites for hydroxylation is 2. The van der Waals surface area contributed by atoms with Crippen molar-refractivity contribution in [3.05, 3.63) is 40.7 Å². The molecule has 0 radical (unpaired) electrons. The van der Waals surface area contributed by atoms with Crippen LogP contribution in [0, 0.1) is 6.92 Å². The molecule has 0 atom stereocenters. The summed E-state index contributed by atoms with van der Waals surface area (Å²) in [6.07, 6.45) is 0.602. The molecule has 1 heterocycles. The highest BCUT2D eigenvalue weighted by Crippen LogP contribution is 2.28. The van der Waals surface area contributed by atoms with E-state index >= 15 is 0 Å². The number of carbonyl (C=O) groups excluding carboxylic acids is 1. The number of hydrogen-bond donors (Lipinski definition) is 1. The molecule has 5 nitrogen and oxygen atoms in total. The second-order valence-corrected chi connectivity index (χ2v) is 4.50. The van der Waals surface area contributed by atoms with E-state index in [1.54, 1.807) is 22.9 Å². The second kappa shape index (κ2) is 5.75. The van der Waals surface area contributed by atoms with Gasteiger partial charge in [-0.15, -0.1) is 0 Å². The molecular weight excluding hydrogens is 266 g/mol. The van der Waals surface area contributed by atoms with E-state index < -0.39 is 0 Å². The van der Waals surface area contributed by atoms with Crippen LogP contribution in [0.2, 0.25) is 5.02 Å². The largest absolute Gasteiger partial charge is 0.486 e. The van der Waals surface area contributed by atoms with Gasteiger partial charge < -0.3 is 10.1 Å². The highest BCUT2D eigenvalue weighted by atomic mass is 35.5. The van der Waals surface area contributed by atoms with Crippen molar-refractivity contribution in [2.45, 2.75) is 13.5 Å². The van der Waals surface area contributed by atoms with Crippen LogP contribution in [0.15, 0.2) is 24.3 Å². The fraction of sp³-hybridized carbons (Fsp3) is 0.231. The standard InChI is InChI=1S/C13H14ClN3O2/c1-9-5-11(17(2)16-9)7-19-13-4-3-10(15-8-18)6-12(13)14/h3-6,8H,7H2,1-2H3,(H,15,18). The first-order chi connectivity index (χ1) is 9.10. The molecule has 1 amide bonds. The lowest BCUT2D eigenvalue weighted by atomic mass is 10.3. The molecule has 100 valence electrons. The minimum Gasteiger partial charge on any atom is -0.486 e. The van der Waals surface area contributed by atoms with Crippen LogP contribution in [0.4, 0.5) is 5.69 Å². The van der Waals surface area contributed by atoms with Gasteiger partial charge >= 0.3 is 0 Å². The summed E-state index contributed by atoms with van der Waals surface area (Å²) < 4.78 is 7.41. The summed E-state index contributed by atoms with van der Waals surface area (Å²) in [4.78, 5) is 10.3. The molecule has 1 N–H and O–H groups in total. The smallest absolute Gasteiger partial charge is 0.211 e. The van der Waals surface area contributed by atoms with E-state index in [4.69, 9.17) is 16.3 Å². The van der Waals surface area contributed by atoms with E-state index in [1.165, 1.54) is 0 Å². The Hall–Kier alpha value is -2.01. The zero-order valence-electron chi connectivity index (χ0n) is 10.7. The fourth-order valence-electron chi connectivity index (χ4n) is 1.73. The van der Waals surface area contributed by atoms with Crippen LogP contribution in [0.25, 0.3) is 0 Å². The number of hydrogen-bond acceptors (Lipinski definition) is 3. The first-order valence-corrected chi connectivity index (χ1v) is 6.10. The van der Waals surface area contributed by atoms with Gasteiger partial charge in [-0.05, 0) is 31.2 Å². The Morgan fingerprint density at radius 1 is 1.47 bits per heavy atom. The van der Waals surface area contributed by atoms with Gasteiger partial charge in [0.25, 0.3) is 0 Å². The lowest BCUT2D eigenvalue weighted by Gasteiger charge is -2.09. The summed E-state index contributed by atoms with van der Waals surface area (Å²) in [5.74, 6) is 0.567. The van der Waals surface area contributed by atoms with E-state index in [-0.39, 0.29) is 0 Å². The summed E-state index contributed by atoms with van der Waals surface area (Å²) in [7, 11) is 1.87. The number of aromatic nitrogens is 2. The third kappa shape index (κ3) is 3.26. The molecular formula is C13H14ClN3O2. The summed E-state index contributed by atoms with van der Waals surface area (Å²) in [6, 6.07) is 7.04. The number of carbonyl (C=O) groups is 1. The molecule has 0 aliphatic carbocycles. The summed E-state index contributed by atoms with van der Waals surface area (Å²) in [5, 5.41) is 7.22. The first kappa shape index (κ1) is 13.4. The van der Waals surface area contributed by atoms with E-state index in [0.29, 0.717) is 29.5 Å². The van der Waals surface area contributed by atoms with Gasteiger partial charge in [0.05, 0.1) is 16.4 Å². The number of amides is 1. The van der Waals surface area contributed by atoms with Gasteiger partial charge in [-0.3, -0.25) is 9.48 Å². The molecule has 0 bridgehead atoms. The van der Waals surface area contributed by atoms with Crippen molar-refractivity contribution in [1.82, 2.24) is 9.78 Å². The van der Waals surface area contributed by atoms with Crippen LogP contribution >= 0.6 is 11.6 Å². The van der Waals surface area contributed by atoms with Gasteiger partial charge in [0.1, 0.15) is 12.4 Å². The minimum absolute atomic E-state index is 0.386. The minimum atomic E-state index is 0.386. The number of rotatable bonds is 5. The van der Waals surface area contributed by atoms with Crippen molar-refractivity contribution < 1.29 is 9.53 Å². The number of nitrogens with zero attached hydrogens (tertiary/aromatic N) is 2. The fourth-order valence-corrected chi connectivity index (χ4v) is 1.96. The maximum absolute atomic E-state index is 10.3. The van der Waals surface area contributed by atoms with Crippen molar-refractivity contribution in [2.24, 2.45) is 7.05 Å². The van der Waals surface area contributed by atoms with Crippen molar-refractivity contribution in [1.29, 1.82) is 0 Å². The molecule has 1 aromatic heterocycles. The van der Waals surface area contributed by atoms with E-state index in [2.05, 4.69) is 10.4 Å². The van der Waals surface area contributed by atoms with Crippen LogP contribution in [0.1, 0.15) is 11.4 Å². The number of anilines is 1. The lowest BCUT2D eigenvalue weighted by Crippen LogP contribution is -2.03. The van der Waals surface area contributed by atoms with Crippen LogP contribution in [-0.4, -0.2) is 16.2 Å². The Morgan fingerprint density at radius 3 is 2.84 bits per heavy atom. The number of halogens is 1. The predicted molar refractivity (Wildman–Crippen MR) is 73.4 cm³/mol. The highest BCUT2D eigenvalue weighted by Gasteiger charge is 2.06. The topological polar surface area (TPSA) is 56.1 Å². The maximum Gasteiger partial charge on any atom is 0.211 e. The molecule has 0 saturated carbocycles. The van der Waals surface area contributed by atoms with Gasteiger partial charge in [0.15, 0.2) is 0 Å². The average molecular weight is 280 g/mol. The van der Waals surface area contributed by atoms with Gasteiger partial charge in [-0.2, -0.15) is 5.10 Å². The molecule has 0 fully saturated rings. The molecule has 19 heavy (non-hydrogen) atoms. The Kier molecular flexibility index (Phi) is 4.06. The summed E-state index contributed by atoms with van der Waals surface area (Å²) in [6.45, 7) is 2.31. The normalized spacial score (nSPS) is 10.3. The zero-order chi connectivity index (χ0) is 13.8. The van der Waals surface area contributed by atoms with Crippen molar-refractivity contribution >= 4 is 23.7 Å². The monoisotopic (exact) mass is 279 g/mol. The van der Waals surface area contributed by atoms with E-state index in [0.717, 1.165) is 11.4 Å². The molecule has 6 heteroatoms. The third-order valence-electron chi connectivity index (χ3n) is 2.63. The SMILES string of the molecule is Cc1cc(COc2ccc(NC=O)cc2Cl)n(C)n1. The van der Waals surface area contributed by atoms with Crippen molar-refractivity contribution in [2.75, 3.05) is 5.32 Å². The molecule has 2 rings (SSSR count). The second-order valence-electron chi connectivity index (χ2n) is 4.10. The number of ether oxygens (including phenoxy) is 1. The average Bonchev–Trinajstić information content (AvgIpc) is 2.67. The van der Waals surface area contributed by atoms with Crippen molar-refractivity contribution in [3.63, 3.8) is 0 Å². The maximum atomic E-state index is 10.3. The van der Waals surface area contributed by atoms with Gasteiger partial charge in [-0.1, -0.05) is 11.6 Å². The van der Waals surface area contributed by atoms with Crippen LogP contribution < -0.4 is 10.1 Å². The first-order valence-electron chi connectivity index (χ1n) is 5.72. The molecule has 2 aromatic rings. The van der Waals surface area contributed by atoms with Crippen LogP contribution in [-0.2, 0) is 18.4 Å². The Bertz CT molecular complexity index is 596. The molecule has 0 aliphatic rings.